The van der Waals surface area contributed by atoms with Gasteiger partial charge in [0.15, 0.2) is 11.6 Å². The Morgan fingerprint density at radius 1 is 1.35 bits per heavy atom. The second-order valence-corrected chi connectivity index (χ2v) is 7.36. The molecule has 0 aliphatic heterocycles. The molecule has 0 spiro atoms. The summed E-state index contributed by atoms with van der Waals surface area (Å²) in [7, 11) is -3.01. The number of rotatable bonds is 8. The second kappa shape index (κ2) is 7.59. The summed E-state index contributed by atoms with van der Waals surface area (Å²) >= 11 is 0. The molecular formula is C14H22FNO3S. The molecule has 0 atom stereocenters. The van der Waals surface area contributed by atoms with E-state index in [4.69, 9.17) is 4.74 Å². The van der Waals surface area contributed by atoms with Crippen LogP contribution in [-0.4, -0.2) is 33.1 Å². The normalized spacial score (nSPS) is 11.8. The minimum atomic E-state index is -3.01. The molecule has 1 rings (SSSR count). The zero-order valence-electron chi connectivity index (χ0n) is 12.1. The first-order valence-corrected chi connectivity index (χ1v) is 8.67. The van der Waals surface area contributed by atoms with Crippen LogP contribution in [0.3, 0.4) is 0 Å². The van der Waals surface area contributed by atoms with Gasteiger partial charge in [0.2, 0.25) is 0 Å². The van der Waals surface area contributed by atoms with Crippen LogP contribution >= 0.6 is 0 Å². The molecule has 0 aliphatic rings. The summed E-state index contributed by atoms with van der Waals surface area (Å²) < 4.78 is 41.2. The number of hydrogen-bond acceptors (Lipinski definition) is 4. The Hall–Kier alpha value is -1.14. The lowest BCUT2D eigenvalue weighted by Crippen LogP contribution is -2.22. The van der Waals surface area contributed by atoms with E-state index in [1.165, 1.54) is 12.3 Å². The van der Waals surface area contributed by atoms with Gasteiger partial charge in [0, 0.05) is 24.4 Å². The molecule has 1 aromatic rings. The van der Waals surface area contributed by atoms with Gasteiger partial charge in [0.25, 0.3) is 0 Å². The van der Waals surface area contributed by atoms with Gasteiger partial charge in [-0.05, 0) is 12.5 Å². The van der Waals surface area contributed by atoms with Crippen LogP contribution in [0.1, 0.15) is 25.8 Å². The highest BCUT2D eigenvalue weighted by molar-refractivity contribution is 7.90. The van der Waals surface area contributed by atoms with Gasteiger partial charge in [-0.25, -0.2) is 12.8 Å². The molecule has 0 fully saturated rings. The van der Waals surface area contributed by atoms with Crippen LogP contribution in [0, 0.1) is 5.82 Å². The standard InChI is InChI=1S/C14H22FNO3S/c1-11(2)16-10-12-6-4-7-13(15)14(12)19-8-5-9-20(3,17)18/h4,6-7,11,16H,5,8-10H2,1-3H3. The van der Waals surface area contributed by atoms with Crippen LogP contribution in [0.4, 0.5) is 4.39 Å². The molecule has 114 valence electrons. The van der Waals surface area contributed by atoms with E-state index in [9.17, 15) is 12.8 Å². The zero-order chi connectivity index (χ0) is 15.2. The Morgan fingerprint density at radius 3 is 2.65 bits per heavy atom. The number of nitrogens with one attached hydrogen (secondary N) is 1. The third kappa shape index (κ3) is 6.34. The summed E-state index contributed by atoms with van der Waals surface area (Å²) in [6.07, 6.45) is 1.53. The highest BCUT2D eigenvalue weighted by Gasteiger charge is 2.10. The monoisotopic (exact) mass is 303 g/mol. The molecule has 0 aliphatic carbocycles. The van der Waals surface area contributed by atoms with E-state index in [1.807, 2.05) is 13.8 Å². The van der Waals surface area contributed by atoms with Gasteiger partial charge in [-0.2, -0.15) is 0 Å². The van der Waals surface area contributed by atoms with Crippen molar-refractivity contribution in [2.75, 3.05) is 18.6 Å². The number of ether oxygens (including phenoxy) is 1. The van der Waals surface area contributed by atoms with Crippen LogP contribution in [0.2, 0.25) is 0 Å². The Kier molecular flexibility index (Phi) is 6.42. The molecule has 20 heavy (non-hydrogen) atoms. The quantitative estimate of drug-likeness (QED) is 0.748. The molecule has 0 radical (unpaired) electrons. The topological polar surface area (TPSA) is 55.4 Å². The Morgan fingerprint density at radius 2 is 2.05 bits per heavy atom. The maximum absolute atomic E-state index is 13.8. The molecule has 0 saturated heterocycles. The maximum Gasteiger partial charge on any atom is 0.165 e. The minimum Gasteiger partial charge on any atom is -0.490 e. The Labute approximate surface area is 120 Å². The second-order valence-electron chi connectivity index (χ2n) is 5.10. The van der Waals surface area contributed by atoms with Crippen molar-refractivity contribution >= 4 is 9.84 Å². The number of sulfone groups is 1. The van der Waals surface area contributed by atoms with Crippen molar-refractivity contribution in [3.05, 3.63) is 29.6 Å². The van der Waals surface area contributed by atoms with Gasteiger partial charge >= 0.3 is 0 Å². The molecule has 0 amide bonds. The van der Waals surface area contributed by atoms with Crippen molar-refractivity contribution in [2.24, 2.45) is 0 Å². The molecular weight excluding hydrogens is 281 g/mol. The average molecular weight is 303 g/mol. The Balaban J connectivity index is 2.63. The largest absolute Gasteiger partial charge is 0.490 e. The Bertz CT molecular complexity index is 529. The first kappa shape index (κ1) is 16.9. The summed E-state index contributed by atoms with van der Waals surface area (Å²) in [5.41, 5.74) is 0.734. The minimum absolute atomic E-state index is 0.0427. The third-order valence-electron chi connectivity index (χ3n) is 2.66. The van der Waals surface area contributed by atoms with Gasteiger partial charge < -0.3 is 10.1 Å². The lowest BCUT2D eigenvalue weighted by Gasteiger charge is -2.14. The van der Waals surface area contributed by atoms with Gasteiger partial charge in [0.05, 0.1) is 12.4 Å². The summed E-state index contributed by atoms with van der Waals surface area (Å²) in [5, 5.41) is 3.20. The molecule has 0 unspecified atom stereocenters. The van der Waals surface area contributed by atoms with Crippen molar-refractivity contribution in [1.82, 2.24) is 5.32 Å². The van der Waals surface area contributed by atoms with Gasteiger partial charge in [-0.15, -0.1) is 0 Å². The number of hydrogen-bond donors (Lipinski definition) is 1. The van der Waals surface area contributed by atoms with E-state index in [2.05, 4.69) is 5.32 Å². The highest BCUT2D eigenvalue weighted by Crippen LogP contribution is 2.23. The van der Waals surface area contributed by atoms with Gasteiger partial charge in [0.1, 0.15) is 9.84 Å². The van der Waals surface area contributed by atoms with Gasteiger partial charge in [-0.1, -0.05) is 26.0 Å². The number of benzene rings is 1. The van der Waals surface area contributed by atoms with E-state index >= 15 is 0 Å². The average Bonchev–Trinajstić information content (AvgIpc) is 2.32. The number of halogens is 1. The molecule has 0 saturated carbocycles. The fraction of sp³-hybridized carbons (Fsp3) is 0.571. The highest BCUT2D eigenvalue weighted by atomic mass is 32.2. The lowest BCUT2D eigenvalue weighted by atomic mass is 10.2. The summed E-state index contributed by atoms with van der Waals surface area (Å²) in [6.45, 7) is 4.71. The van der Waals surface area contributed by atoms with Crippen molar-refractivity contribution in [1.29, 1.82) is 0 Å². The predicted molar refractivity (Wildman–Crippen MR) is 78.2 cm³/mol. The first-order valence-electron chi connectivity index (χ1n) is 6.61. The first-order chi connectivity index (χ1) is 9.29. The lowest BCUT2D eigenvalue weighted by molar-refractivity contribution is 0.297. The smallest absolute Gasteiger partial charge is 0.165 e. The molecule has 6 heteroatoms. The molecule has 1 aromatic carbocycles. The number of para-hydroxylation sites is 1. The summed E-state index contributed by atoms with van der Waals surface area (Å²) in [4.78, 5) is 0. The predicted octanol–water partition coefficient (Wildman–Crippen LogP) is 2.14. The third-order valence-corrected chi connectivity index (χ3v) is 3.69. The van der Waals surface area contributed by atoms with E-state index in [-0.39, 0.29) is 24.2 Å². The van der Waals surface area contributed by atoms with Crippen molar-refractivity contribution in [3.8, 4) is 5.75 Å². The molecule has 0 heterocycles. The van der Waals surface area contributed by atoms with Gasteiger partial charge in [-0.3, -0.25) is 0 Å². The molecule has 0 aromatic heterocycles. The SMILES string of the molecule is CC(C)NCc1cccc(F)c1OCCCS(C)(=O)=O. The fourth-order valence-corrected chi connectivity index (χ4v) is 2.31. The molecule has 4 nitrogen and oxygen atoms in total. The van der Waals surface area contributed by atoms with E-state index < -0.39 is 15.7 Å². The van der Waals surface area contributed by atoms with Crippen LogP contribution in [0.25, 0.3) is 0 Å². The van der Waals surface area contributed by atoms with Crippen LogP contribution < -0.4 is 10.1 Å². The van der Waals surface area contributed by atoms with Crippen molar-refractivity contribution in [3.63, 3.8) is 0 Å². The van der Waals surface area contributed by atoms with Crippen molar-refractivity contribution < 1.29 is 17.5 Å². The van der Waals surface area contributed by atoms with E-state index in [1.54, 1.807) is 12.1 Å². The fourth-order valence-electron chi connectivity index (χ4n) is 1.66. The van der Waals surface area contributed by atoms with Crippen LogP contribution in [-0.2, 0) is 16.4 Å². The summed E-state index contributed by atoms with van der Waals surface area (Å²) in [6, 6.07) is 5.06. The molecule has 0 bridgehead atoms. The maximum atomic E-state index is 13.8. The zero-order valence-corrected chi connectivity index (χ0v) is 13.0. The molecule has 1 N–H and O–H groups in total. The van der Waals surface area contributed by atoms with Crippen LogP contribution in [0.15, 0.2) is 18.2 Å². The van der Waals surface area contributed by atoms with E-state index in [0.717, 1.165) is 5.56 Å². The summed E-state index contributed by atoms with van der Waals surface area (Å²) in [5.74, 6) is -0.178. The van der Waals surface area contributed by atoms with Crippen molar-refractivity contribution in [2.45, 2.75) is 32.9 Å². The van der Waals surface area contributed by atoms with Crippen LogP contribution in [0.5, 0.6) is 5.75 Å². The van der Waals surface area contributed by atoms with E-state index in [0.29, 0.717) is 13.0 Å².